The predicted octanol–water partition coefficient (Wildman–Crippen LogP) is 1.59. The standard InChI is InChI=1S/C11H14ClFN2O/c12-10-5-8(16)6-11(13)9(10)7-15-3-1-14-2-4-15/h5-6,14,16H,1-4,7H2. The van der Waals surface area contributed by atoms with Crippen molar-refractivity contribution in [1.82, 2.24) is 10.2 Å². The van der Waals surface area contributed by atoms with Gasteiger partial charge in [0.2, 0.25) is 0 Å². The van der Waals surface area contributed by atoms with Gasteiger partial charge in [-0.1, -0.05) is 11.6 Å². The molecule has 1 aromatic rings. The van der Waals surface area contributed by atoms with Crippen LogP contribution in [0.2, 0.25) is 5.02 Å². The third-order valence-corrected chi connectivity index (χ3v) is 3.05. The van der Waals surface area contributed by atoms with Crippen LogP contribution in [0.4, 0.5) is 4.39 Å². The zero-order valence-electron chi connectivity index (χ0n) is 8.84. The normalized spacial score (nSPS) is 17.6. The van der Waals surface area contributed by atoms with Crippen LogP contribution in [-0.4, -0.2) is 36.2 Å². The lowest BCUT2D eigenvalue weighted by Crippen LogP contribution is -2.43. The smallest absolute Gasteiger partial charge is 0.132 e. The maximum Gasteiger partial charge on any atom is 0.132 e. The molecule has 1 fully saturated rings. The zero-order valence-corrected chi connectivity index (χ0v) is 9.60. The molecule has 0 bridgehead atoms. The van der Waals surface area contributed by atoms with E-state index in [4.69, 9.17) is 11.6 Å². The van der Waals surface area contributed by atoms with Crippen molar-refractivity contribution in [1.29, 1.82) is 0 Å². The Morgan fingerprint density at radius 3 is 2.69 bits per heavy atom. The number of phenols is 1. The number of rotatable bonds is 2. The molecule has 1 aliphatic rings. The third kappa shape index (κ3) is 2.64. The number of hydrogen-bond donors (Lipinski definition) is 2. The molecule has 1 heterocycles. The van der Waals surface area contributed by atoms with E-state index in [0.717, 1.165) is 32.2 Å². The molecule has 1 aliphatic heterocycles. The van der Waals surface area contributed by atoms with Gasteiger partial charge in [0, 0.05) is 44.4 Å². The number of nitrogens with zero attached hydrogens (tertiary/aromatic N) is 1. The van der Waals surface area contributed by atoms with Gasteiger partial charge < -0.3 is 10.4 Å². The molecule has 0 aliphatic carbocycles. The molecule has 0 spiro atoms. The number of piperazine rings is 1. The predicted molar refractivity (Wildman–Crippen MR) is 61.2 cm³/mol. The van der Waals surface area contributed by atoms with Crippen LogP contribution in [0.3, 0.4) is 0 Å². The Morgan fingerprint density at radius 1 is 1.38 bits per heavy atom. The second kappa shape index (κ2) is 4.99. The van der Waals surface area contributed by atoms with Gasteiger partial charge in [-0.2, -0.15) is 0 Å². The van der Waals surface area contributed by atoms with E-state index in [1.165, 1.54) is 6.07 Å². The molecule has 2 rings (SSSR count). The highest BCUT2D eigenvalue weighted by atomic mass is 35.5. The average molecular weight is 245 g/mol. The molecule has 0 aromatic heterocycles. The molecule has 2 N–H and O–H groups in total. The van der Waals surface area contributed by atoms with Gasteiger partial charge in [-0.15, -0.1) is 0 Å². The summed E-state index contributed by atoms with van der Waals surface area (Å²) < 4.78 is 13.6. The summed E-state index contributed by atoms with van der Waals surface area (Å²) in [5.41, 5.74) is 0.460. The second-order valence-corrected chi connectivity index (χ2v) is 4.32. The molecule has 0 unspecified atom stereocenters. The molecule has 0 radical (unpaired) electrons. The van der Waals surface area contributed by atoms with E-state index in [9.17, 15) is 9.50 Å². The maximum absolute atomic E-state index is 13.6. The van der Waals surface area contributed by atoms with Gasteiger partial charge in [0.05, 0.1) is 5.02 Å². The van der Waals surface area contributed by atoms with Crippen molar-refractivity contribution in [3.8, 4) is 5.75 Å². The molecular formula is C11H14ClFN2O. The lowest BCUT2D eigenvalue weighted by atomic mass is 10.1. The molecule has 3 nitrogen and oxygen atoms in total. The summed E-state index contributed by atoms with van der Waals surface area (Å²) in [5.74, 6) is -0.574. The number of halogens is 2. The van der Waals surface area contributed by atoms with Crippen LogP contribution in [0, 0.1) is 5.82 Å². The molecular weight excluding hydrogens is 231 g/mol. The summed E-state index contributed by atoms with van der Waals surface area (Å²) in [7, 11) is 0. The quantitative estimate of drug-likeness (QED) is 0.830. The Balaban J connectivity index is 2.14. The highest BCUT2D eigenvalue weighted by Crippen LogP contribution is 2.26. The molecule has 5 heteroatoms. The van der Waals surface area contributed by atoms with Crippen molar-refractivity contribution in [3.05, 3.63) is 28.5 Å². The number of benzene rings is 1. The van der Waals surface area contributed by atoms with Crippen LogP contribution in [-0.2, 0) is 6.54 Å². The molecule has 1 saturated heterocycles. The largest absolute Gasteiger partial charge is 0.508 e. The third-order valence-electron chi connectivity index (χ3n) is 2.72. The summed E-state index contributed by atoms with van der Waals surface area (Å²) in [6.07, 6.45) is 0. The van der Waals surface area contributed by atoms with E-state index >= 15 is 0 Å². The average Bonchev–Trinajstić information content (AvgIpc) is 2.25. The van der Waals surface area contributed by atoms with E-state index in [1.54, 1.807) is 0 Å². The Hall–Kier alpha value is -0.840. The minimum Gasteiger partial charge on any atom is -0.508 e. The molecule has 0 amide bonds. The van der Waals surface area contributed by atoms with Gasteiger partial charge in [0.25, 0.3) is 0 Å². The first-order valence-electron chi connectivity index (χ1n) is 5.27. The number of nitrogens with one attached hydrogen (secondary N) is 1. The monoisotopic (exact) mass is 244 g/mol. The SMILES string of the molecule is Oc1cc(F)c(CN2CCNCC2)c(Cl)c1. The second-order valence-electron chi connectivity index (χ2n) is 3.91. The van der Waals surface area contributed by atoms with Crippen LogP contribution >= 0.6 is 11.6 Å². The Bertz CT molecular complexity index is 357. The first-order valence-corrected chi connectivity index (χ1v) is 5.64. The van der Waals surface area contributed by atoms with Crippen molar-refractivity contribution in [2.45, 2.75) is 6.54 Å². The van der Waals surface area contributed by atoms with Crippen molar-refractivity contribution < 1.29 is 9.50 Å². The lowest BCUT2D eigenvalue weighted by molar-refractivity contribution is 0.230. The summed E-state index contributed by atoms with van der Waals surface area (Å²) in [6.45, 7) is 4.09. The molecule has 1 aromatic carbocycles. The first-order chi connectivity index (χ1) is 7.66. The molecule has 0 saturated carbocycles. The van der Waals surface area contributed by atoms with Gasteiger partial charge in [-0.3, -0.25) is 4.90 Å². The molecule has 88 valence electrons. The summed E-state index contributed by atoms with van der Waals surface area (Å²) in [6, 6.07) is 2.48. The van der Waals surface area contributed by atoms with E-state index in [0.29, 0.717) is 12.1 Å². The van der Waals surface area contributed by atoms with Crippen LogP contribution < -0.4 is 5.32 Å². The van der Waals surface area contributed by atoms with Crippen molar-refractivity contribution >= 4 is 11.6 Å². The van der Waals surface area contributed by atoms with Crippen molar-refractivity contribution in [2.75, 3.05) is 26.2 Å². The number of aromatic hydroxyl groups is 1. The van der Waals surface area contributed by atoms with Crippen LogP contribution in [0.25, 0.3) is 0 Å². The van der Waals surface area contributed by atoms with Crippen molar-refractivity contribution in [3.63, 3.8) is 0 Å². The highest BCUT2D eigenvalue weighted by Gasteiger charge is 2.15. The summed E-state index contributed by atoms with van der Waals surface area (Å²) in [5, 5.41) is 12.7. The first kappa shape index (κ1) is 11.6. The van der Waals surface area contributed by atoms with E-state index < -0.39 is 5.82 Å². The highest BCUT2D eigenvalue weighted by molar-refractivity contribution is 6.31. The van der Waals surface area contributed by atoms with Gasteiger partial charge in [-0.25, -0.2) is 4.39 Å². The zero-order chi connectivity index (χ0) is 11.5. The van der Waals surface area contributed by atoms with Gasteiger partial charge >= 0.3 is 0 Å². The fourth-order valence-corrected chi connectivity index (χ4v) is 2.10. The molecule has 0 atom stereocenters. The van der Waals surface area contributed by atoms with Crippen LogP contribution in [0.1, 0.15) is 5.56 Å². The van der Waals surface area contributed by atoms with E-state index in [2.05, 4.69) is 10.2 Å². The Kier molecular flexibility index (Phi) is 3.63. The Labute approximate surface area is 98.8 Å². The van der Waals surface area contributed by atoms with Crippen LogP contribution in [0.5, 0.6) is 5.75 Å². The van der Waals surface area contributed by atoms with Crippen LogP contribution in [0.15, 0.2) is 12.1 Å². The molecule has 16 heavy (non-hydrogen) atoms. The van der Waals surface area contributed by atoms with Gasteiger partial charge in [0.15, 0.2) is 0 Å². The Morgan fingerprint density at radius 2 is 2.06 bits per heavy atom. The maximum atomic E-state index is 13.6. The van der Waals surface area contributed by atoms with Crippen molar-refractivity contribution in [2.24, 2.45) is 0 Å². The minimum absolute atomic E-state index is 0.133. The van der Waals surface area contributed by atoms with Gasteiger partial charge in [0.1, 0.15) is 11.6 Å². The van der Waals surface area contributed by atoms with Gasteiger partial charge in [-0.05, 0) is 6.07 Å². The fraction of sp³-hybridized carbons (Fsp3) is 0.455. The fourth-order valence-electron chi connectivity index (χ4n) is 1.83. The minimum atomic E-state index is -0.441. The summed E-state index contributed by atoms with van der Waals surface area (Å²) >= 11 is 5.91. The van der Waals surface area contributed by atoms with E-state index in [1.807, 2.05) is 0 Å². The van der Waals surface area contributed by atoms with E-state index in [-0.39, 0.29) is 10.8 Å². The topological polar surface area (TPSA) is 35.5 Å². The summed E-state index contributed by atoms with van der Waals surface area (Å²) in [4.78, 5) is 2.14. The number of phenolic OH excluding ortho intramolecular Hbond substituents is 1. The lowest BCUT2D eigenvalue weighted by Gasteiger charge is -2.27. The number of hydrogen-bond acceptors (Lipinski definition) is 3.